The number of hydrogen-bond acceptors (Lipinski definition) is 2. The van der Waals surface area contributed by atoms with Crippen molar-refractivity contribution >= 4 is 11.8 Å². The van der Waals surface area contributed by atoms with Crippen molar-refractivity contribution in [2.45, 2.75) is 16.3 Å². The zero-order valence-electron chi connectivity index (χ0n) is 8.99. The van der Waals surface area contributed by atoms with Gasteiger partial charge in [0.2, 0.25) is 0 Å². The van der Waals surface area contributed by atoms with Gasteiger partial charge in [-0.1, -0.05) is 17.8 Å². The van der Waals surface area contributed by atoms with Gasteiger partial charge in [-0.2, -0.15) is 0 Å². The van der Waals surface area contributed by atoms with Crippen LogP contribution in [0.4, 0.5) is 8.78 Å². The van der Waals surface area contributed by atoms with Gasteiger partial charge in [-0.15, -0.1) is 0 Å². The highest BCUT2D eigenvalue weighted by Crippen LogP contribution is 2.30. The maximum Gasteiger partial charge on any atom is 0.137 e. The summed E-state index contributed by atoms with van der Waals surface area (Å²) in [6.07, 6.45) is 0. The molecular formula is C13H11F2NS. The van der Waals surface area contributed by atoms with Crippen molar-refractivity contribution in [2.24, 2.45) is 5.73 Å². The topological polar surface area (TPSA) is 26.0 Å². The van der Waals surface area contributed by atoms with E-state index in [1.165, 1.54) is 30.0 Å². The van der Waals surface area contributed by atoms with E-state index in [-0.39, 0.29) is 11.6 Å². The molecule has 0 aliphatic carbocycles. The average molecular weight is 251 g/mol. The van der Waals surface area contributed by atoms with Crippen LogP contribution in [0.15, 0.2) is 52.3 Å². The van der Waals surface area contributed by atoms with E-state index < -0.39 is 0 Å². The summed E-state index contributed by atoms with van der Waals surface area (Å²) in [5, 5.41) is 0. The van der Waals surface area contributed by atoms with Crippen LogP contribution in [0.2, 0.25) is 0 Å². The van der Waals surface area contributed by atoms with E-state index in [1.807, 2.05) is 0 Å². The van der Waals surface area contributed by atoms with Crippen molar-refractivity contribution in [3.8, 4) is 0 Å². The van der Waals surface area contributed by atoms with Crippen LogP contribution in [0, 0.1) is 11.6 Å². The quantitative estimate of drug-likeness (QED) is 0.902. The summed E-state index contributed by atoms with van der Waals surface area (Å²) < 4.78 is 26.4. The Hall–Kier alpha value is -1.39. The van der Waals surface area contributed by atoms with Gasteiger partial charge in [0.1, 0.15) is 11.6 Å². The Bertz CT molecular complexity index is 511. The third-order valence-corrected chi connectivity index (χ3v) is 3.33. The largest absolute Gasteiger partial charge is 0.326 e. The molecule has 0 radical (unpaired) electrons. The van der Waals surface area contributed by atoms with E-state index >= 15 is 0 Å². The molecule has 0 unspecified atom stereocenters. The van der Waals surface area contributed by atoms with E-state index in [1.54, 1.807) is 24.3 Å². The molecule has 0 heterocycles. The van der Waals surface area contributed by atoms with Crippen LogP contribution in [-0.4, -0.2) is 0 Å². The van der Waals surface area contributed by atoms with Gasteiger partial charge in [-0.25, -0.2) is 8.78 Å². The van der Waals surface area contributed by atoms with Crippen molar-refractivity contribution in [1.82, 2.24) is 0 Å². The van der Waals surface area contributed by atoms with Crippen LogP contribution in [-0.2, 0) is 6.54 Å². The average Bonchev–Trinajstić information content (AvgIpc) is 2.34. The first-order valence-electron chi connectivity index (χ1n) is 5.11. The first-order valence-corrected chi connectivity index (χ1v) is 5.92. The zero-order chi connectivity index (χ0) is 12.3. The Morgan fingerprint density at radius 1 is 1.00 bits per heavy atom. The molecule has 0 aliphatic heterocycles. The van der Waals surface area contributed by atoms with E-state index in [0.29, 0.717) is 11.4 Å². The maximum atomic E-state index is 13.7. The lowest BCUT2D eigenvalue weighted by atomic mass is 10.2. The summed E-state index contributed by atoms with van der Waals surface area (Å²) in [6.45, 7) is 0.318. The molecule has 4 heteroatoms. The Morgan fingerprint density at radius 3 is 2.29 bits per heavy atom. The van der Waals surface area contributed by atoms with Gasteiger partial charge in [0.15, 0.2) is 0 Å². The van der Waals surface area contributed by atoms with Crippen molar-refractivity contribution in [2.75, 3.05) is 0 Å². The molecule has 0 amide bonds. The Labute approximate surface area is 103 Å². The lowest BCUT2D eigenvalue weighted by Gasteiger charge is -2.04. The molecule has 17 heavy (non-hydrogen) atoms. The number of rotatable bonds is 3. The fourth-order valence-corrected chi connectivity index (χ4v) is 2.20. The standard InChI is InChI=1S/C13H11F2NS/c14-10-2-4-11(5-3-10)17-13-6-1-9(8-16)7-12(13)15/h1-7H,8,16H2. The third kappa shape index (κ3) is 3.05. The first kappa shape index (κ1) is 12.1. The molecule has 88 valence electrons. The molecule has 0 saturated heterocycles. The van der Waals surface area contributed by atoms with Gasteiger partial charge >= 0.3 is 0 Å². The second kappa shape index (κ2) is 5.29. The van der Waals surface area contributed by atoms with Gasteiger partial charge < -0.3 is 5.73 Å². The smallest absolute Gasteiger partial charge is 0.137 e. The summed E-state index contributed by atoms with van der Waals surface area (Å²) in [5.74, 6) is -0.601. The van der Waals surface area contributed by atoms with Crippen LogP contribution in [0.5, 0.6) is 0 Å². The monoisotopic (exact) mass is 251 g/mol. The van der Waals surface area contributed by atoms with Crippen molar-refractivity contribution in [1.29, 1.82) is 0 Å². The van der Waals surface area contributed by atoms with Crippen LogP contribution >= 0.6 is 11.8 Å². The lowest BCUT2D eigenvalue weighted by molar-refractivity contribution is 0.599. The fraction of sp³-hybridized carbons (Fsp3) is 0.0769. The van der Waals surface area contributed by atoms with Crippen LogP contribution in [0.3, 0.4) is 0 Å². The normalized spacial score (nSPS) is 10.5. The van der Waals surface area contributed by atoms with Crippen LogP contribution in [0.1, 0.15) is 5.56 Å². The predicted molar refractivity (Wildman–Crippen MR) is 64.8 cm³/mol. The zero-order valence-corrected chi connectivity index (χ0v) is 9.81. The molecule has 2 aromatic carbocycles. The molecular weight excluding hydrogens is 240 g/mol. The summed E-state index contributed by atoms with van der Waals surface area (Å²) in [5.41, 5.74) is 6.18. The van der Waals surface area contributed by atoms with Gasteiger partial charge in [-0.05, 0) is 42.0 Å². The minimum atomic E-state index is -0.303. The molecule has 0 atom stereocenters. The molecule has 0 aromatic heterocycles. The van der Waals surface area contributed by atoms with E-state index in [0.717, 1.165) is 10.5 Å². The van der Waals surface area contributed by atoms with Crippen LogP contribution < -0.4 is 5.73 Å². The van der Waals surface area contributed by atoms with E-state index in [4.69, 9.17) is 5.73 Å². The molecule has 0 aliphatic rings. The highest BCUT2D eigenvalue weighted by molar-refractivity contribution is 7.99. The molecule has 0 saturated carbocycles. The number of benzene rings is 2. The van der Waals surface area contributed by atoms with Crippen molar-refractivity contribution < 1.29 is 8.78 Å². The van der Waals surface area contributed by atoms with E-state index in [2.05, 4.69) is 0 Å². The lowest BCUT2D eigenvalue weighted by Crippen LogP contribution is -1.96. The molecule has 2 rings (SSSR count). The number of nitrogens with two attached hydrogens (primary N) is 1. The first-order chi connectivity index (χ1) is 8.19. The minimum absolute atomic E-state index is 0.298. The number of halogens is 2. The SMILES string of the molecule is NCc1ccc(Sc2ccc(F)cc2)c(F)c1. The third-order valence-electron chi connectivity index (χ3n) is 2.27. The maximum absolute atomic E-state index is 13.7. The van der Waals surface area contributed by atoms with E-state index in [9.17, 15) is 8.78 Å². The van der Waals surface area contributed by atoms with Gasteiger partial charge in [-0.3, -0.25) is 0 Å². The van der Waals surface area contributed by atoms with Gasteiger partial charge in [0.25, 0.3) is 0 Å². The molecule has 0 fully saturated rings. The summed E-state index contributed by atoms with van der Waals surface area (Å²) >= 11 is 1.26. The summed E-state index contributed by atoms with van der Waals surface area (Å²) in [7, 11) is 0. The molecule has 0 bridgehead atoms. The Balaban J connectivity index is 2.21. The van der Waals surface area contributed by atoms with Gasteiger partial charge in [0, 0.05) is 16.3 Å². The fourth-order valence-electron chi connectivity index (χ4n) is 1.38. The molecule has 2 aromatic rings. The highest BCUT2D eigenvalue weighted by Gasteiger charge is 2.05. The molecule has 2 N–H and O–H groups in total. The van der Waals surface area contributed by atoms with Crippen LogP contribution in [0.25, 0.3) is 0 Å². The second-order valence-corrected chi connectivity index (χ2v) is 4.64. The Morgan fingerprint density at radius 2 is 1.71 bits per heavy atom. The molecule has 1 nitrogen and oxygen atoms in total. The number of hydrogen-bond donors (Lipinski definition) is 1. The summed E-state index contributed by atoms with van der Waals surface area (Å²) in [4.78, 5) is 1.31. The second-order valence-electron chi connectivity index (χ2n) is 3.52. The van der Waals surface area contributed by atoms with Gasteiger partial charge in [0.05, 0.1) is 0 Å². The van der Waals surface area contributed by atoms with Crippen molar-refractivity contribution in [3.05, 3.63) is 59.7 Å². The Kier molecular flexibility index (Phi) is 3.76. The highest BCUT2D eigenvalue weighted by atomic mass is 32.2. The minimum Gasteiger partial charge on any atom is -0.326 e. The summed E-state index contributed by atoms with van der Waals surface area (Å²) in [6, 6.07) is 10.8. The molecule has 0 spiro atoms. The van der Waals surface area contributed by atoms with Crippen molar-refractivity contribution in [3.63, 3.8) is 0 Å². The predicted octanol–water partition coefficient (Wildman–Crippen LogP) is 3.57.